The van der Waals surface area contributed by atoms with Gasteiger partial charge in [0.1, 0.15) is 29.8 Å². The van der Waals surface area contributed by atoms with Gasteiger partial charge in [0.15, 0.2) is 0 Å². The lowest BCUT2D eigenvalue weighted by Crippen LogP contribution is -2.52. The minimum absolute atomic E-state index is 0.108. The molecular formula is C31H33N5O5S. The van der Waals surface area contributed by atoms with Crippen LogP contribution in [-0.4, -0.2) is 87.3 Å². The number of ether oxygens (including phenoxy) is 1. The van der Waals surface area contributed by atoms with Gasteiger partial charge in [-0.05, 0) is 46.7 Å². The highest BCUT2D eigenvalue weighted by atomic mass is 32.1. The predicted octanol–water partition coefficient (Wildman–Crippen LogP) is 2.85. The molecule has 0 radical (unpaired) electrons. The standard InChI is InChI=1S/C31H33N5O5S/c1-34-11-9-24(32-28(38)14-19-7-8-20-5-3-4-6-21(20)13-19)30(39)36-17-23(37)15-22(36)18-41-27-10-12-42-29(27)25-16-26(31(34)40)35(2)33-25/h3-8,10,12-13,16,22-24,37H,9,11,14-15,17-18H2,1-2H3,(H,32,38)/t22-,23-,24-/m0/s1. The molecule has 6 rings (SSSR count). The number of carbonyl (C=O) groups excluding carboxylic acids is 3. The molecule has 2 bridgehead atoms. The second kappa shape index (κ2) is 11.6. The molecule has 2 aliphatic heterocycles. The second-order valence-electron chi connectivity index (χ2n) is 11.0. The highest BCUT2D eigenvalue weighted by molar-refractivity contribution is 7.14. The molecule has 10 nitrogen and oxygen atoms in total. The van der Waals surface area contributed by atoms with Crippen molar-refractivity contribution in [1.29, 1.82) is 0 Å². The van der Waals surface area contributed by atoms with Crippen LogP contribution in [0.2, 0.25) is 0 Å². The third kappa shape index (κ3) is 5.62. The van der Waals surface area contributed by atoms with Crippen molar-refractivity contribution in [3.8, 4) is 16.3 Å². The van der Waals surface area contributed by atoms with Crippen LogP contribution in [0.25, 0.3) is 21.3 Å². The average Bonchev–Trinajstić information content (AvgIpc) is 3.70. The van der Waals surface area contributed by atoms with Gasteiger partial charge in [0.25, 0.3) is 5.91 Å². The summed E-state index contributed by atoms with van der Waals surface area (Å²) in [6.07, 6.45) is -0.00490. The summed E-state index contributed by atoms with van der Waals surface area (Å²) in [5.41, 5.74) is 1.88. The molecule has 4 aromatic rings. The summed E-state index contributed by atoms with van der Waals surface area (Å²) in [5, 5.41) is 22.0. The van der Waals surface area contributed by atoms with Gasteiger partial charge in [-0.25, -0.2) is 0 Å². The van der Waals surface area contributed by atoms with Gasteiger partial charge in [0.05, 0.1) is 23.4 Å². The number of hydrogen-bond donors (Lipinski definition) is 2. The first-order chi connectivity index (χ1) is 20.3. The molecule has 2 aliphatic rings. The Morgan fingerprint density at radius 2 is 1.93 bits per heavy atom. The van der Waals surface area contributed by atoms with E-state index in [9.17, 15) is 19.5 Å². The average molecular weight is 588 g/mol. The molecule has 1 saturated heterocycles. The molecule has 218 valence electrons. The molecule has 3 amide bonds. The number of amides is 3. The highest BCUT2D eigenvalue weighted by Gasteiger charge is 2.39. The molecule has 2 aromatic heterocycles. The van der Waals surface area contributed by atoms with Crippen LogP contribution in [0.5, 0.6) is 5.75 Å². The summed E-state index contributed by atoms with van der Waals surface area (Å²) in [7, 11) is 3.40. The topological polar surface area (TPSA) is 117 Å². The van der Waals surface area contributed by atoms with Crippen molar-refractivity contribution in [2.45, 2.75) is 37.5 Å². The summed E-state index contributed by atoms with van der Waals surface area (Å²) >= 11 is 1.46. The lowest BCUT2D eigenvalue weighted by Gasteiger charge is -2.30. The van der Waals surface area contributed by atoms with Crippen LogP contribution in [0.15, 0.2) is 60.0 Å². The largest absolute Gasteiger partial charge is 0.490 e. The predicted molar refractivity (Wildman–Crippen MR) is 159 cm³/mol. The van der Waals surface area contributed by atoms with Crippen LogP contribution in [0.1, 0.15) is 28.9 Å². The molecule has 11 heteroatoms. The summed E-state index contributed by atoms with van der Waals surface area (Å²) in [4.78, 5) is 44.5. The first kappa shape index (κ1) is 27.9. The number of fused-ring (bicyclic) bond motifs is 6. The number of benzene rings is 2. The minimum atomic E-state index is -0.884. The number of aryl methyl sites for hydroxylation is 1. The molecule has 0 saturated carbocycles. The van der Waals surface area contributed by atoms with Gasteiger partial charge in [-0.1, -0.05) is 42.5 Å². The van der Waals surface area contributed by atoms with E-state index in [1.54, 1.807) is 34.6 Å². The Labute approximate surface area is 247 Å². The molecular weight excluding hydrogens is 554 g/mol. The Morgan fingerprint density at radius 1 is 1.12 bits per heavy atom. The Bertz CT molecular complexity index is 1650. The summed E-state index contributed by atoms with van der Waals surface area (Å²) in [6, 6.07) is 16.1. The maximum absolute atomic E-state index is 13.9. The van der Waals surface area contributed by atoms with Crippen LogP contribution in [-0.2, 0) is 23.1 Å². The number of nitrogens with one attached hydrogen (secondary N) is 1. The number of hydrogen-bond acceptors (Lipinski definition) is 7. The monoisotopic (exact) mass is 587 g/mol. The third-order valence-electron chi connectivity index (χ3n) is 7.98. The van der Waals surface area contributed by atoms with Gasteiger partial charge in [0.2, 0.25) is 11.8 Å². The van der Waals surface area contributed by atoms with E-state index in [1.165, 1.54) is 11.3 Å². The molecule has 0 spiro atoms. The van der Waals surface area contributed by atoms with Crippen LogP contribution >= 0.6 is 11.3 Å². The summed E-state index contributed by atoms with van der Waals surface area (Å²) < 4.78 is 7.72. The van der Waals surface area contributed by atoms with Gasteiger partial charge in [-0.2, -0.15) is 5.10 Å². The van der Waals surface area contributed by atoms with E-state index in [2.05, 4.69) is 10.4 Å². The van der Waals surface area contributed by atoms with Crippen molar-refractivity contribution in [2.24, 2.45) is 7.05 Å². The highest BCUT2D eigenvalue weighted by Crippen LogP contribution is 2.36. The normalized spacial score (nSPS) is 21.4. The number of thiophene rings is 1. The van der Waals surface area contributed by atoms with Crippen molar-refractivity contribution in [3.05, 3.63) is 71.2 Å². The smallest absolute Gasteiger partial charge is 0.271 e. The Balaban J connectivity index is 1.27. The number of carbonyl (C=O) groups is 3. The van der Waals surface area contributed by atoms with E-state index in [0.717, 1.165) is 21.2 Å². The molecule has 42 heavy (non-hydrogen) atoms. The molecule has 2 aromatic carbocycles. The molecule has 1 fully saturated rings. The van der Waals surface area contributed by atoms with E-state index in [1.807, 2.05) is 53.9 Å². The minimum Gasteiger partial charge on any atom is -0.490 e. The Kier molecular flexibility index (Phi) is 7.70. The maximum Gasteiger partial charge on any atom is 0.271 e. The number of aliphatic hydroxyl groups excluding tert-OH is 1. The van der Waals surface area contributed by atoms with E-state index >= 15 is 0 Å². The van der Waals surface area contributed by atoms with Crippen LogP contribution in [0.4, 0.5) is 0 Å². The van der Waals surface area contributed by atoms with Gasteiger partial charge in [-0.3, -0.25) is 19.1 Å². The fourth-order valence-electron chi connectivity index (χ4n) is 5.74. The van der Waals surface area contributed by atoms with Gasteiger partial charge in [0, 0.05) is 27.2 Å². The SMILES string of the molecule is CN1CC[C@H](NC(=O)Cc2ccc3ccccc3c2)C(=O)N2C[C@@H](O)C[C@H]2COc2ccsc2-c2cc(n(C)n2)C1=O. The first-order valence-electron chi connectivity index (χ1n) is 14.0. The first-order valence-corrected chi connectivity index (χ1v) is 14.9. The third-order valence-corrected chi connectivity index (χ3v) is 8.90. The van der Waals surface area contributed by atoms with Crippen LogP contribution in [0.3, 0.4) is 0 Å². The summed E-state index contributed by atoms with van der Waals surface area (Å²) in [6.45, 7) is 0.564. The summed E-state index contributed by atoms with van der Waals surface area (Å²) in [5.74, 6) is -0.222. The van der Waals surface area contributed by atoms with Crippen molar-refractivity contribution in [3.63, 3.8) is 0 Å². The molecule has 3 atom stereocenters. The van der Waals surface area contributed by atoms with Crippen molar-refractivity contribution >= 4 is 39.8 Å². The number of aromatic nitrogens is 2. The van der Waals surface area contributed by atoms with E-state index in [0.29, 0.717) is 23.6 Å². The Morgan fingerprint density at radius 3 is 2.76 bits per heavy atom. The number of nitrogens with zero attached hydrogens (tertiary/aromatic N) is 4. The van der Waals surface area contributed by atoms with E-state index in [4.69, 9.17) is 4.74 Å². The zero-order valence-electron chi connectivity index (χ0n) is 23.5. The van der Waals surface area contributed by atoms with Crippen LogP contribution < -0.4 is 10.1 Å². The molecule has 4 heterocycles. The zero-order chi connectivity index (χ0) is 29.4. The van der Waals surface area contributed by atoms with Gasteiger partial charge in [-0.15, -0.1) is 11.3 Å². The lowest BCUT2D eigenvalue weighted by atomic mass is 10.0. The van der Waals surface area contributed by atoms with Gasteiger partial charge >= 0.3 is 0 Å². The van der Waals surface area contributed by atoms with Crippen molar-refractivity contribution in [1.82, 2.24) is 24.9 Å². The quantitative estimate of drug-likeness (QED) is 0.381. The molecule has 0 unspecified atom stereocenters. The number of aliphatic hydroxyl groups is 1. The number of rotatable bonds is 3. The Hall–Kier alpha value is -4.22. The zero-order valence-corrected chi connectivity index (χ0v) is 24.3. The fourth-order valence-corrected chi connectivity index (χ4v) is 6.53. The van der Waals surface area contributed by atoms with Crippen molar-refractivity contribution in [2.75, 3.05) is 26.7 Å². The van der Waals surface area contributed by atoms with Crippen LogP contribution in [0, 0.1) is 0 Å². The molecule has 0 aliphatic carbocycles. The van der Waals surface area contributed by atoms with Gasteiger partial charge < -0.3 is 25.0 Å². The second-order valence-corrected chi connectivity index (χ2v) is 11.9. The van der Waals surface area contributed by atoms with Crippen molar-refractivity contribution < 1.29 is 24.2 Å². The van der Waals surface area contributed by atoms with E-state index in [-0.39, 0.29) is 56.3 Å². The maximum atomic E-state index is 13.9. The molecule has 2 N–H and O–H groups in total. The lowest BCUT2D eigenvalue weighted by molar-refractivity contribution is -0.138. The fraction of sp³-hybridized carbons (Fsp3) is 0.355. The van der Waals surface area contributed by atoms with E-state index < -0.39 is 12.1 Å².